The number of amides is 1. The molecule has 36 heavy (non-hydrogen) atoms. The van der Waals surface area contributed by atoms with Gasteiger partial charge < -0.3 is 19.9 Å². The molecule has 0 radical (unpaired) electrons. The molecule has 1 aromatic heterocycles. The number of carbonyl (C=O) groups is 1. The summed E-state index contributed by atoms with van der Waals surface area (Å²) in [5.41, 5.74) is 1.14. The molecule has 12 heteroatoms. The molecule has 1 N–H and O–H groups in total. The normalized spacial score (nSPS) is 18.0. The van der Waals surface area contributed by atoms with Gasteiger partial charge in [-0.25, -0.2) is 4.98 Å². The van der Waals surface area contributed by atoms with Crippen LogP contribution in [0, 0.1) is 10.1 Å². The van der Waals surface area contributed by atoms with E-state index in [2.05, 4.69) is 15.3 Å². The van der Waals surface area contributed by atoms with E-state index in [1.54, 1.807) is 24.3 Å². The van der Waals surface area contributed by atoms with Crippen LogP contribution in [0.25, 0.3) is 10.9 Å². The summed E-state index contributed by atoms with van der Waals surface area (Å²) in [6.07, 6.45) is 1.89. The van der Waals surface area contributed by atoms with Crippen molar-refractivity contribution in [2.45, 2.75) is 25.5 Å². The molecule has 1 atom stereocenters. The predicted octanol–water partition coefficient (Wildman–Crippen LogP) is 3.82. The van der Waals surface area contributed by atoms with E-state index in [-0.39, 0.29) is 30.1 Å². The maximum atomic E-state index is 12.7. The highest BCUT2D eigenvalue weighted by atomic mass is 35.5. The van der Waals surface area contributed by atoms with Crippen molar-refractivity contribution in [2.75, 3.05) is 37.6 Å². The van der Waals surface area contributed by atoms with Gasteiger partial charge in [-0.2, -0.15) is 4.98 Å². The summed E-state index contributed by atoms with van der Waals surface area (Å²) in [5.74, 6) is 0.806. The first-order valence-electron chi connectivity index (χ1n) is 11.7. The predicted molar refractivity (Wildman–Crippen MR) is 137 cm³/mol. The molecule has 1 amide bonds. The van der Waals surface area contributed by atoms with Gasteiger partial charge >= 0.3 is 0 Å². The van der Waals surface area contributed by atoms with E-state index in [0.717, 1.165) is 19.4 Å². The van der Waals surface area contributed by atoms with Crippen LogP contribution in [0.4, 0.5) is 11.6 Å². The molecule has 2 aliphatic rings. The number of hydrogen-bond donors (Lipinski definition) is 1. The molecule has 3 aromatic rings. The second kappa shape index (κ2) is 10.4. The summed E-state index contributed by atoms with van der Waals surface area (Å²) in [6.45, 7) is 3.24. The number of halogens is 2. The van der Waals surface area contributed by atoms with Crippen LogP contribution in [0.2, 0.25) is 10.0 Å². The molecule has 3 heterocycles. The zero-order valence-corrected chi connectivity index (χ0v) is 20.8. The number of hydrogen-bond acceptors (Lipinski definition) is 8. The number of rotatable bonds is 6. The van der Waals surface area contributed by atoms with E-state index in [4.69, 9.17) is 27.9 Å². The quantitative estimate of drug-likeness (QED) is 0.377. The monoisotopic (exact) mass is 530 g/mol. The van der Waals surface area contributed by atoms with E-state index in [1.165, 1.54) is 12.1 Å². The molecule has 0 spiro atoms. The summed E-state index contributed by atoms with van der Waals surface area (Å²) in [5, 5.41) is 16.0. The van der Waals surface area contributed by atoms with E-state index >= 15 is 0 Å². The second-order valence-electron chi connectivity index (χ2n) is 8.77. The maximum Gasteiger partial charge on any atom is 0.270 e. The summed E-state index contributed by atoms with van der Waals surface area (Å²) >= 11 is 12.3. The van der Waals surface area contributed by atoms with Crippen molar-refractivity contribution in [1.82, 2.24) is 20.2 Å². The number of nitro groups is 1. The van der Waals surface area contributed by atoms with Gasteiger partial charge in [0.25, 0.3) is 5.69 Å². The lowest BCUT2D eigenvalue weighted by Gasteiger charge is -2.36. The number of fused-ring (bicyclic) bond motifs is 1. The minimum atomic E-state index is -0.470. The van der Waals surface area contributed by atoms with Crippen LogP contribution in [0.3, 0.4) is 0 Å². The molecule has 2 saturated heterocycles. The van der Waals surface area contributed by atoms with Crippen molar-refractivity contribution >= 4 is 51.6 Å². The van der Waals surface area contributed by atoms with Crippen molar-refractivity contribution in [3.63, 3.8) is 0 Å². The van der Waals surface area contributed by atoms with Crippen molar-refractivity contribution in [1.29, 1.82) is 0 Å². The Morgan fingerprint density at radius 3 is 2.64 bits per heavy atom. The van der Waals surface area contributed by atoms with E-state index in [9.17, 15) is 14.9 Å². The first-order valence-corrected chi connectivity index (χ1v) is 12.4. The fourth-order valence-electron chi connectivity index (χ4n) is 4.47. The Morgan fingerprint density at radius 1 is 1.14 bits per heavy atom. The Kier molecular flexibility index (Phi) is 7.08. The lowest BCUT2D eigenvalue weighted by Crippen LogP contribution is -2.53. The summed E-state index contributed by atoms with van der Waals surface area (Å²) in [7, 11) is 0. The Bertz CT molecular complexity index is 1310. The number of ether oxygens (including phenoxy) is 1. The number of aromatic nitrogens is 2. The number of benzene rings is 2. The molecule has 5 rings (SSSR count). The zero-order valence-electron chi connectivity index (χ0n) is 19.3. The maximum absolute atomic E-state index is 12.7. The molecule has 2 aromatic carbocycles. The van der Waals surface area contributed by atoms with Crippen LogP contribution in [-0.4, -0.2) is 64.5 Å². The van der Waals surface area contributed by atoms with Crippen LogP contribution in [0.1, 0.15) is 18.4 Å². The molecule has 0 saturated carbocycles. The van der Waals surface area contributed by atoms with Crippen molar-refractivity contribution in [3.05, 3.63) is 62.1 Å². The summed E-state index contributed by atoms with van der Waals surface area (Å²) in [4.78, 5) is 36.8. The molecular weight excluding hydrogens is 507 g/mol. The van der Waals surface area contributed by atoms with Crippen LogP contribution in [-0.2, 0) is 11.4 Å². The van der Waals surface area contributed by atoms with Gasteiger partial charge in [0.2, 0.25) is 17.7 Å². The highest BCUT2D eigenvalue weighted by Crippen LogP contribution is 2.31. The van der Waals surface area contributed by atoms with E-state index < -0.39 is 4.92 Å². The molecule has 2 aliphatic heterocycles. The highest BCUT2D eigenvalue weighted by Gasteiger charge is 2.30. The van der Waals surface area contributed by atoms with Gasteiger partial charge in [0.15, 0.2) is 0 Å². The number of nitrogens with zero attached hydrogens (tertiary/aromatic N) is 5. The van der Waals surface area contributed by atoms with E-state index in [1.807, 2.05) is 9.80 Å². The Balaban J connectivity index is 1.39. The number of non-ortho nitro benzene ring substituents is 1. The molecule has 1 unspecified atom stereocenters. The number of nitro benzene ring substituents is 1. The van der Waals surface area contributed by atoms with Gasteiger partial charge in [0, 0.05) is 53.9 Å². The van der Waals surface area contributed by atoms with Crippen molar-refractivity contribution in [2.24, 2.45) is 0 Å². The molecule has 0 aliphatic carbocycles. The van der Waals surface area contributed by atoms with Crippen LogP contribution < -0.4 is 15.0 Å². The van der Waals surface area contributed by atoms with Crippen molar-refractivity contribution < 1.29 is 14.5 Å². The topological polar surface area (TPSA) is 114 Å². The Morgan fingerprint density at radius 2 is 1.94 bits per heavy atom. The first-order chi connectivity index (χ1) is 17.4. The third kappa shape index (κ3) is 5.16. The second-order valence-corrected chi connectivity index (χ2v) is 9.62. The van der Waals surface area contributed by atoms with Gasteiger partial charge in [-0.1, -0.05) is 29.3 Å². The lowest BCUT2D eigenvalue weighted by atomic mass is 10.2. The minimum absolute atomic E-state index is 0.0825. The number of piperazine rings is 1. The number of anilines is 1. The van der Waals surface area contributed by atoms with Gasteiger partial charge in [-0.3, -0.25) is 14.9 Å². The SMILES string of the molecule is O=C(C1CCCN1)N1CCN(c2nc(OCc3ccc(Cl)cc3Cl)c3cc([N+](=O)[O-])ccc3n2)CC1. The van der Waals surface area contributed by atoms with Crippen LogP contribution in [0.5, 0.6) is 5.88 Å². The standard InChI is InChI=1S/C24H24Cl2N6O4/c25-16-4-3-15(19(26)12-16)14-36-22-18-13-17(32(34)35)5-6-20(18)28-24(29-22)31-10-8-30(9-11-31)23(33)21-2-1-7-27-21/h3-6,12-13,21,27H,1-2,7-11,14H2. The number of carbonyl (C=O) groups excluding carboxylic acids is 1. The molecule has 188 valence electrons. The highest BCUT2D eigenvalue weighted by molar-refractivity contribution is 6.35. The van der Waals surface area contributed by atoms with Crippen molar-refractivity contribution in [3.8, 4) is 5.88 Å². The summed E-state index contributed by atoms with van der Waals surface area (Å²) in [6, 6.07) is 9.40. The Hall–Kier alpha value is -3.21. The summed E-state index contributed by atoms with van der Waals surface area (Å²) < 4.78 is 6.02. The fourth-order valence-corrected chi connectivity index (χ4v) is 4.93. The third-order valence-electron chi connectivity index (χ3n) is 6.46. The smallest absolute Gasteiger partial charge is 0.270 e. The molecule has 0 bridgehead atoms. The Labute approximate surface area is 217 Å². The number of nitrogens with one attached hydrogen (secondary N) is 1. The van der Waals surface area contributed by atoms with Gasteiger partial charge in [-0.05, 0) is 37.6 Å². The van der Waals surface area contributed by atoms with Gasteiger partial charge in [-0.15, -0.1) is 0 Å². The van der Waals surface area contributed by atoms with Gasteiger partial charge in [0.1, 0.15) is 6.61 Å². The molecule has 10 nitrogen and oxygen atoms in total. The largest absolute Gasteiger partial charge is 0.472 e. The third-order valence-corrected chi connectivity index (χ3v) is 7.04. The lowest BCUT2D eigenvalue weighted by molar-refractivity contribution is -0.384. The molecular formula is C24H24Cl2N6O4. The average molecular weight is 531 g/mol. The van der Waals surface area contributed by atoms with Gasteiger partial charge in [0.05, 0.1) is 21.9 Å². The van der Waals surface area contributed by atoms with Crippen LogP contribution >= 0.6 is 23.2 Å². The average Bonchev–Trinajstić information content (AvgIpc) is 3.42. The molecule has 2 fully saturated rings. The zero-order chi connectivity index (χ0) is 25.2. The van der Waals surface area contributed by atoms with E-state index in [0.29, 0.717) is 58.6 Å². The van der Waals surface area contributed by atoms with Crippen LogP contribution in [0.15, 0.2) is 36.4 Å². The first kappa shape index (κ1) is 24.5. The minimum Gasteiger partial charge on any atom is -0.472 e. The fraction of sp³-hybridized carbons (Fsp3) is 0.375.